The molecule has 0 aromatic heterocycles. The minimum Gasteiger partial charge on any atom is -0.473 e. The molecule has 0 unspecified atom stereocenters. The Labute approximate surface area is 122 Å². The second-order valence-corrected chi connectivity index (χ2v) is 5.00. The summed E-state index contributed by atoms with van der Waals surface area (Å²) < 4.78 is 5.56. The zero-order chi connectivity index (χ0) is 15.0. The van der Waals surface area contributed by atoms with Gasteiger partial charge in [0.15, 0.2) is 6.73 Å². The predicted octanol–water partition coefficient (Wildman–Crippen LogP) is 3.47. The normalized spacial score (nSPS) is 10.2. The number of urea groups is 1. The Bertz CT molecular complexity index is 426. The predicted molar refractivity (Wildman–Crippen MR) is 82.1 cm³/mol. The number of aryl methyl sites for hydroxylation is 2. The summed E-state index contributed by atoms with van der Waals surface area (Å²) >= 11 is 0. The first kappa shape index (κ1) is 16.3. The Morgan fingerprint density at radius 1 is 1.15 bits per heavy atom. The van der Waals surface area contributed by atoms with E-state index >= 15 is 0 Å². The zero-order valence-electron chi connectivity index (χ0n) is 13.0. The van der Waals surface area contributed by atoms with E-state index in [9.17, 15) is 4.79 Å². The van der Waals surface area contributed by atoms with Crippen LogP contribution in [-0.2, 0) is 0 Å². The first-order valence-electron chi connectivity index (χ1n) is 7.31. The maximum atomic E-state index is 12.0. The molecule has 1 aromatic rings. The smallest absolute Gasteiger partial charge is 0.320 e. The van der Waals surface area contributed by atoms with Gasteiger partial charge >= 0.3 is 6.03 Å². The van der Waals surface area contributed by atoms with Gasteiger partial charge in [0.1, 0.15) is 5.75 Å². The molecule has 1 rings (SSSR count). The second kappa shape index (κ2) is 8.46. The van der Waals surface area contributed by atoms with Crippen LogP contribution < -0.4 is 10.1 Å². The fraction of sp³-hybridized carbons (Fsp3) is 0.562. The molecule has 0 aliphatic rings. The van der Waals surface area contributed by atoms with Crippen LogP contribution in [0, 0.1) is 13.8 Å². The van der Waals surface area contributed by atoms with E-state index in [1.54, 1.807) is 0 Å². The summed E-state index contributed by atoms with van der Waals surface area (Å²) in [5.41, 5.74) is 2.42. The molecule has 4 nitrogen and oxygen atoms in total. The number of carbonyl (C=O) groups is 1. The first-order valence-corrected chi connectivity index (χ1v) is 7.31. The third-order valence-electron chi connectivity index (χ3n) is 3.21. The number of nitrogens with one attached hydrogen (secondary N) is 1. The van der Waals surface area contributed by atoms with Crippen molar-refractivity contribution < 1.29 is 9.53 Å². The topological polar surface area (TPSA) is 41.6 Å². The van der Waals surface area contributed by atoms with Gasteiger partial charge in [0.25, 0.3) is 0 Å². The van der Waals surface area contributed by atoms with E-state index in [0.29, 0.717) is 0 Å². The first-order chi connectivity index (χ1) is 9.58. The van der Waals surface area contributed by atoms with Gasteiger partial charge in [-0.15, -0.1) is 0 Å². The fourth-order valence-corrected chi connectivity index (χ4v) is 1.95. The monoisotopic (exact) mass is 278 g/mol. The Balaban J connectivity index is 2.42. The lowest BCUT2D eigenvalue weighted by atomic mass is 10.1. The molecule has 0 spiro atoms. The summed E-state index contributed by atoms with van der Waals surface area (Å²) in [6.45, 7) is 10.0. The molecule has 0 heterocycles. The van der Waals surface area contributed by atoms with Crippen molar-refractivity contribution in [2.45, 2.75) is 40.5 Å². The number of amides is 2. The summed E-state index contributed by atoms with van der Waals surface area (Å²) in [4.78, 5) is 13.8. The summed E-state index contributed by atoms with van der Waals surface area (Å²) in [7, 11) is 0. The summed E-state index contributed by atoms with van der Waals surface area (Å²) in [6.07, 6.45) is 1.93. The van der Waals surface area contributed by atoms with E-state index in [1.165, 1.54) is 11.1 Å². The molecule has 20 heavy (non-hydrogen) atoms. The second-order valence-electron chi connectivity index (χ2n) is 5.00. The minimum atomic E-state index is -0.0578. The van der Waals surface area contributed by atoms with Crippen LogP contribution in [0.25, 0.3) is 0 Å². The maximum absolute atomic E-state index is 12.0. The van der Waals surface area contributed by atoms with Crippen molar-refractivity contribution in [2.75, 3.05) is 19.8 Å². The van der Waals surface area contributed by atoms with Crippen molar-refractivity contribution >= 4 is 6.03 Å². The number of ether oxygens (including phenoxy) is 1. The van der Waals surface area contributed by atoms with Crippen LogP contribution in [-0.4, -0.2) is 30.8 Å². The number of hydrogen-bond acceptors (Lipinski definition) is 2. The van der Waals surface area contributed by atoms with Gasteiger partial charge in [0.2, 0.25) is 0 Å². The number of rotatable bonds is 7. The zero-order valence-corrected chi connectivity index (χ0v) is 13.0. The van der Waals surface area contributed by atoms with Crippen LogP contribution in [0.3, 0.4) is 0 Å². The summed E-state index contributed by atoms with van der Waals surface area (Å²) in [5, 5.41) is 2.80. The van der Waals surface area contributed by atoms with Crippen molar-refractivity contribution in [1.29, 1.82) is 0 Å². The third kappa shape index (κ3) is 5.11. The average molecular weight is 278 g/mol. The highest BCUT2D eigenvalue weighted by Gasteiger charge is 2.10. The van der Waals surface area contributed by atoms with Crippen LogP contribution in [0.4, 0.5) is 4.79 Å². The van der Waals surface area contributed by atoms with E-state index in [4.69, 9.17) is 4.74 Å². The lowest BCUT2D eigenvalue weighted by Crippen LogP contribution is -2.42. The minimum absolute atomic E-state index is 0.0578. The van der Waals surface area contributed by atoms with Crippen LogP contribution in [0.15, 0.2) is 18.2 Å². The van der Waals surface area contributed by atoms with Crippen LogP contribution >= 0.6 is 0 Å². The largest absolute Gasteiger partial charge is 0.473 e. The van der Waals surface area contributed by atoms with E-state index in [2.05, 4.69) is 26.1 Å². The lowest BCUT2D eigenvalue weighted by Gasteiger charge is -2.22. The number of carbonyl (C=O) groups excluding carboxylic acids is 1. The number of benzene rings is 1. The SMILES string of the molecule is CCCN(CCC)C(=O)NCOc1ccc(C)c(C)c1. The summed E-state index contributed by atoms with van der Waals surface area (Å²) in [6, 6.07) is 5.87. The van der Waals surface area contributed by atoms with E-state index in [0.717, 1.165) is 31.7 Å². The van der Waals surface area contributed by atoms with Crippen molar-refractivity contribution in [3.8, 4) is 5.75 Å². The van der Waals surface area contributed by atoms with Crippen molar-refractivity contribution in [3.05, 3.63) is 29.3 Å². The summed E-state index contributed by atoms with van der Waals surface area (Å²) in [5.74, 6) is 0.783. The van der Waals surface area contributed by atoms with Crippen LogP contribution in [0.1, 0.15) is 37.8 Å². The molecule has 112 valence electrons. The molecular weight excluding hydrogens is 252 g/mol. The quantitative estimate of drug-likeness (QED) is 0.776. The molecule has 0 aliphatic heterocycles. The molecule has 0 saturated carbocycles. The highest BCUT2D eigenvalue weighted by molar-refractivity contribution is 5.73. The molecule has 1 N–H and O–H groups in total. The Hall–Kier alpha value is -1.71. The Kier molecular flexibility index (Phi) is 6.91. The standard InChI is InChI=1S/C16H26N2O2/c1-5-9-18(10-6-2)16(19)17-12-20-15-8-7-13(3)14(4)11-15/h7-8,11H,5-6,9-10,12H2,1-4H3,(H,17,19). The van der Waals surface area contributed by atoms with Gasteiger partial charge in [-0.2, -0.15) is 0 Å². The van der Waals surface area contributed by atoms with E-state index in [1.807, 2.05) is 30.0 Å². The molecule has 1 aromatic carbocycles. The van der Waals surface area contributed by atoms with Gasteiger partial charge < -0.3 is 15.0 Å². The van der Waals surface area contributed by atoms with E-state index < -0.39 is 0 Å². The molecule has 2 amide bonds. The van der Waals surface area contributed by atoms with Gasteiger partial charge in [0.05, 0.1) is 0 Å². The molecule has 0 radical (unpaired) electrons. The van der Waals surface area contributed by atoms with Crippen molar-refractivity contribution in [3.63, 3.8) is 0 Å². The highest BCUT2D eigenvalue weighted by atomic mass is 16.5. The van der Waals surface area contributed by atoms with Gasteiger partial charge in [0, 0.05) is 13.1 Å². The molecule has 0 aliphatic carbocycles. The highest BCUT2D eigenvalue weighted by Crippen LogP contribution is 2.15. The van der Waals surface area contributed by atoms with Crippen LogP contribution in [0.2, 0.25) is 0 Å². The van der Waals surface area contributed by atoms with Crippen molar-refractivity contribution in [2.24, 2.45) is 0 Å². The van der Waals surface area contributed by atoms with Gasteiger partial charge in [-0.05, 0) is 49.9 Å². The Morgan fingerprint density at radius 3 is 2.35 bits per heavy atom. The average Bonchev–Trinajstić information content (AvgIpc) is 2.42. The van der Waals surface area contributed by atoms with E-state index in [-0.39, 0.29) is 12.8 Å². The molecule has 0 bridgehead atoms. The Morgan fingerprint density at radius 2 is 1.80 bits per heavy atom. The number of nitrogens with zero attached hydrogens (tertiary/aromatic N) is 1. The van der Waals surface area contributed by atoms with Gasteiger partial charge in [-0.25, -0.2) is 4.79 Å². The maximum Gasteiger partial charge on any atom is 0.320 e. The molecule has 4 heteroatoms. The number of hydrogen-bond donors (Lipinski definition) is 1. The molecule has 0 saturated heterocycles. The fourth-order valence-electron chi connectivity index (χ4n) is 1.95. The molecule has 0 atom stereocenters. The van der Waals surface area contributed by atoms with Crippen molar-refractivity contribution in [1.82, 2.24) is 10.2 Å². The van der Waals surface area contributed by atoms with Crippen LogP contribution in [0.5, 0.6) is 5.75 Å². The molecular formula is C16H26N2O2. The lowest BCUT2D eigenvalue weighted by molar-refractivity contribution is 0.184. The van der Waals surface area contributed by atoms with Gasteiger partial charge in [-0.1, -0.05) is 19.9 Å². The van der Waals surface area contributed by atoms with Gasteiger partial charge in [-0.3, -0.25) is 0 Å². The molecule has 0 fully saturated rings. The third-order valence-corrected chi connectivity index (χ3v) is 3.21.